The van der Waals surface area contributed by atoms with Crippen molar-refractivity contribution in [3.05, 3.63) is 131 Å². The maximum atomic E-state index is 3.91. The Bertz CT molecular complexity index is 1110. The minimum atomic E-state index is -0.239. The molecule has 27 heavy (non-hydrogen) atoms. The van der Waals surface area contributed by atoms with Crippen molar-refractivity contribution in [1.82, 2.24) is 0 Å². The molecule has 2 aromatic carbocycles. The summed E-state index contributed by atoms with van der Waals surface area (Å²) < 4.78 is 0. The number of hydrogen-bond donors (Lipinski definition) is 0. The standard InChI is InChI=1S/C27H22/c1-3-4-15-23-19(2)20-12-8-10-17-24(20)27(23)25-16-7-5-6-13-21(25)22-14-9-11-18-26(22)27/h3-4,6-18H,1,5H2,2H3/b15-4-. The third-order valence-corrected chi connectivity index (χ3v) is 6.10. The van der Waals surface area contributed by atoms with E-state index < -0.39 is 0 Å². The molecule has 0 amide bonds. The van der Waals surface area contributed by atoms with Gasteiger partial charge in [0, 0.05) is 0 Å². The Balaban J connectivity index is 1.97. The molecule has 3 aliphatic carbocycles. The van der Waals surface area contributed by atoms with Crippen molar-refractivity contribution in [3.63, 3.8) is 0 Å². The zero-order valence-corrected chi connectivity index (χ0v) is 15.6. The predicted molar refractivity (Wildman–Crippen MR) is 115 cm³/mol. The second-order valence-corrected chi connectivity index (χ2v) is 7.34. The van der Waals surface area contributed by atoms with Gasteiger partial charge in [-0.25, -0.2) is 0 Å². The Morgan fingerprint density at radius 1 is 0.889 bits per heavy atom. The van der Waals surface area contributed by atoms with E-state index in [9.17, 15) is 0 Å². The molecule has 0 aliphatic heterocycles. The normalized spacial score (nSPS) is 22.4. The molecular weight excluding hydrogens is 324 g/mol. The van der Waals surface area contributed by atoms with Crippen LogP contribution < -0.4 is 0 Å². The second kappa shape index (κ2) is 5.96. The Labute approximate surface area is 161 Å². The average molecular weight is 346 g/mol. The van der Waals surface area contributed by atoms with E-state index in [0.29, 0.717) is 0 Å². The van der Waals surface area contributed by atoms with Crippen molar-refractivity contribution < 1.29 is 0 Å². The van der Waals surface area contributed by atoms with E-state index >= 15 is 0 Å². The fourth-order valence-electron chi connectivity index (χ4n) is 5.09. The summed E-state index contributed by atoms with van der Waals surface area (Å²) >= 11 is 0. The van der Waals surface area contributed by atoms with Gasteiger partial charge >= 0.3 is 0 Å². The quantitative estimate of drug-likeness (QED) is 0.525. The van der Waals surface area contributed by atoms with Crippen LogP contribution in [0.15, 0.2) is 109 Å². The SMILES string of the molecule is C=C/C=C\C1=C(C)c2ccccc2C12C1=C(C=CCC=C1)c1ccccc12. The van der Waals surface area contributed by atoms with Gasteiger partial charge in [-0.3, -0.25) is 0 Å². The lowest BCUT2D eigenvalue weighted by Gasteiger charge is -2.32. The maximum absolute atomic E-state index is 3.91. The first-order valence-corrected chi connectivity index (χ1v) is 9.58. The minimum absolute atomic E-state index is 0.239. The van der Waals surface area contributed by atoms with E-state index in [1.54, 1.807) is 0 Å². The van der Waals surface area contributed by atoms with Gasteiger partial charge in [0.1, 0.15) is 0 Å². The summed E-state index contributed by atoms with van der Waals surface area (Å²) in [5.74, 6) is 0. The van der Waals surface area contributed by atoms with E-state index in [2.05, 4.69) is 98.5 Å². The van der Waals surface area contributed by atoms with Crippen molar-refractivity contribution in [2.24, 2.45) is 0 Å². The van der Waals surface area contributed by atoms with E-state index in [-0.39, 0.29) is 5.41 Å². The Kier molecular flexibility index (Phi) is 3.55. The van der Waals surface area contributed by atoms with Gasteiger partial charge in [0.2, 0.25) is 0 Å². The number of fused-ring (bicyclic) bond motifs is 6. The van der Waals surface area contributed by atoms with E-state index in [1.165, 1.54) is 44.5 Å². The summed E-state index contributed by atoms with van der Waals surface area (Å²) in [6.07, 6.45) is 16.4. The predicted octanol–water partition coefficient (Wildman–Crippen LogP) is 6.79. The Morgan fingerprint density at radius 2 is 1.56 bits per heavy atom. The van der Waals surface area contributed by atoms with Crippen LogP contribution in [-0.4, -0.2) is 0 Å². The molecule has 0 bridgehead atoms. The first-order valence-electron chi connectivity index (χ1n) is 9.58. The molecule has 130 valence electrons. The van der Waals surface area contributed by atoms with E-state index in [4.69, 9.17) is 0 Å². The van der Waals surface area contributed by atoms with Crippen LogP contribution >= 0.6 is 0 Å². The zero-order chi connectivity index (χ0) is 18.4. The first kappa shape index (κ1) is 16.1. The molecule has 1 atom stereocenters. The molecule has 0 heteroatoms. The monoisotopic (exact) mass is 346 g/mol. The summed E-state index contributed by atoms with van der Waals surface area (Å²) in [7, 11) is 0. The van der Waals surface area contributed by atoms with Gasteiger partial charge in [-0.2, -0.15) is 0 Å². The van der Waals surface area contributed by atoms with Gasteiger partial charge in [0.15, 0.2) is 0 Å². The molecule has 0 saturated carbocycles. The summed E-state index contributed by atoms with van der Waals surface area (Å²) in [6, 6.07) is 17.8. The summed E-state index contributed by atoms with van der Waals surface area (Å²) in [5.41, 5.74) is 10.7. The molecule has 2 aromatic rings. The molecule has 0 fully saturated rings. The van der Waals surface area contributed by atoms with Gasteiger partial charge in [0.05, 0.1) is 5.41 Å². The van der Waals surface area contributed by atoms with E-state index in [1.807, 2.05) is 6.08 Å². The first-order chi connectivity index (χ1) is 13.3. The van der Waals surface area contributed by atoms with Crippen LogP contribution in [0.2, 0.25) is 0 Å². The maximum Gasteiger partial charge on any atom is 0.0722 e. The highest BCUT2D eigenvalue weighted by Crippen LogP contribution is 2.61. The van der Waals surface area contributed by atoms with Crippen LogP contribution in [0.25, 0.3) is 11.1 Å². The van der Waals surface area contributed by atoms with Crippen molar-refractivity contribution in [3.8, 4) is 0 Å². The largest absolute Gasteiger partial charge is 0.0991 e. The molecule has 1 spiro atoms. The fourth-order valence-corrected chi connectivity index (χ4v) is 5.09. The Morgan fingerprint density at radius 3 is 2.33 bits per heavy atom. The van der Waals surface area contributed by atoms with Crippen molar-refractivity contribution in [2.75, 3.05) is 0 Å². The molecule has 0 radical (unpaired) electrons. The third kappa shape index (κ3) is 1.99. The summed E-state index contributed by atoms with van der Waals surface area (Å²) in [6.45, 7) is 6.16. The van der Waals surface area contributed by atoms with Gasteiger partial charge in [-0.15, -0.1) is 0 Å². The molecule has 0 saturated heterocycles. The minimum Gasteiger partial charge on any atom is -0.0991 e. The summed E-state index contributed by atoms with van der Waals surface area (Å²) in [5, 5.41) is 0. The lowest BCUT2D eigenvalue weighted by atomic mass is 9.68. The fraction of sp³-hybridized carbons (Fsp3) is 0.111. The number of benzene rings is 2. The third-order valence-electron chi connectivity index (χ3n) is 6.10. The highest BCUT2D eigenvalue weighted by molar-refractivity contribution is 5.98. The summed E-state index contributed by atoms with van der Waals surface area (Å²) in [4.78, 5) is 0. The topological polar surface area (TPSA) is 0 Å². The van der Waals surface area contributed by atoms with Gasteiger partial charge in [-0.05, 0) is 57.9 Å². The molecule has 0 heterocycles. The van der Waals surface area contributed by atoms with Crippen LogP contribution in [0.4, 0.5) is 0 Å². The van der Waals surface area contributed by atoms with Crippen LogP contribution in [0, 0.1) is 0 Å². The number of hydrogen-bond acceptors (Lipinski definition) is 0. The smallest absolute Gasteiger partial charge is 0.0722 e. The molecular formula is C27H22. The lowest BCUT2D eigenvalue weighted by Crippen LogP contribution is -2.27. The number of allylic oxidation sites excluding steroid dienone is 11. The molecule has 0 aromatic heterocycles. The molecule has 3 aliphatic rings. The molecule has 0 nitrogen and oxygen atoms in total. The molecule has 0 N–H and O–H groups in total. The van der Waals surface area contributed by atoms with E-state index in [0.717, 1.165) is 6.42 Å². The van der Waals surface area contributed by atoms with Crippen LogP contribution in [-0.2, 0) is 5.41 Å². The lowest BCUT2D eigenvalue weighted by molar-refractivity contribution is 0.778. The van der Waals surface area contributed by atoms with Crippen molar-refractivity contribution in [1.29, 1.82) is 0 Å². The van der Waals surface area contributed by atoms with Crippen LogP contribution in [0.1, 0.15) is 35.6 Å². The highest BCUT2D eigenvalue weighted by Gasteiger charge is 2.51. The number of rotatable bonds is 2. The Hall–Kier alpha value is -3.12. The van der Waals surface area contributed by atoms with Gasteiger partial charge in [-0.1, -0.05) is 97.6 Å². The van der Waals surface area contributed by atoms with Gasteiger partial charge in [0.25, 0.3) is 0 Å². The molecule has 1 unspecified atom stereocenters. The zero-order valence-electron chi connectivity index (χ0n) is 15.6. The van der Waals surface area contributed by atoms with Crippen LogP contribution in [0.5, 0.6) is 0 Å². The highest BCUT2D eigenvalue weighted by atomic mass is 14.5. The average Bonchev–Trinajstić information content (AvgIpc) is 2.97. The van der Waals surface area contributed by atoms with Crippen molar-refractivity contribution in [2.45, 2.75) is 18.8 Å². The second-order valence-electron chi connectivity index (χ2n) is 7.34. The molecule has 5 rings (SSSR count). The van der Waals surface area contributed by atoms with Crippen molar-refractivity contribution >= 4 is 11.1 Å². The van der Waals surface area contributed by atoms with Gasteiger partial charge < -0.3 is 0 Å². The van der Waals surface area contributed by atoms with Crippen LogP contribution in [0.3, 0.4) is 0 Å².